The molecule has 3 rings (SSSR count). The van der Waals surface area contributed by atoms with Crippen LogP contribution >= 0.6 is 0 Å². The average Bonchev–Trinajstić information content (AvgIpc) is 3.30. The second kappa shape index (κ2) is 9.08. The maximum atomic E-state index is 12.0. The van der Waals surface area contributed by atoms with Crippen LogP contribution in [0.4, 0.5) is 0 Å². The predicted octanol–water partition coefficient (Wildman–Crippen LogP) is 1.65. The van der Waals surface area contributed by atoms with Crippen LogP contribution in [-0.2, 0) is 16.0 Å². The van der Waals surface area contributed by atoms with Crippen LogP contribution in [0, 0.1) is 5.92 Å². The van der Waals surface area contributed by atoms with Crippen molar-refractivity contribution in [2.24, 2.45) is 5.92 Å². The van der Waals surface area contributed by atoms with E-state index < -0.39 is 11.9 Å². The molecule has 0 bridgehead atoms. The van der Waals surface area contributed by atoms with Gasteiger partial charge in [0.15, 0.2) is 0 Å². The topological polar surface area (TPSA) is 79.3 Å². The summed E-state index contributed by atoms with van der Waals surface area (Å²) in [4.78, 5) is 27.2. The summed E-state index contributed by atoms with van der Waals surface area (Å²) in [7, 11) is 1.62. The van der Waals surface area contributed by atoms with Gasteiger partial charge < -0.3 is 19.5 Å². The molecule has 7 nitrogen and oxygen atoms in total. The van der Waals surface area contributed by atoms with E-state index >= 15 is 0 Å². The molecular weight excluding hydrogens is 348 g/mol. The lowest BCUT2D eigenvalue weighted by Gasteiger charge is -2.19. The SMILES string of the molecule is COc1ccc(CCN2CC(C(=O)O)CC2=O)c(OCCN2CCCC2)c1. The van der Waals surface area contributed by atoms with Crippen LogP contribution in [-0.4, -0.2) is 73.2 Å². The Hall–Kier alpha value is -2.28. The van der Waals surface area contributed by atoms with Crippen LogP contribution in [0.15, 0.2) is 18.2 Å². The number of benzene rings is 1. The summed E-state index contributed by atoms with van der Waals surface area (Å²) in [6.07, 6.45) is 3.23. The van der Waals surface area contributed by atoms with Crippen LogP contribution in [0.25, 0.3) is 0 Å². The molecule has 0 spiro atoms. The zero-order valence-corrected chi connectivity index (χ0v) is 15.9. The fraction of sp³-hybridized carbons (Fsp3) is 0.600. The van der Waals surface area contributed by atoms with E-state index in [0.29, 0.717) is 19.6 Å². The zero-order valence-electron chi connectivity index (χ0n) is 15.9. The van der Waals surface area contributed by atoms with Gasteiger partial charge >= 0.3 is 5.97 Å². The predicted molar refractivity (Wildman–Crippen MR) is 100 cm³/mol. The summed E-state index contributed by atoms with van der Waals surface area (Å²) in [6, 6.07) is 5.72. The number of ether oxygens (including phenoxy) is 2. The van der Waals surface area contributed by atoms with Gasteiger partial charge in [-0.3, -0.25) is 14.5 Å². The van der Waals surface area contributed by atoms with Gasteiger partial charge in [0.25, 0.3) is 0 Å². The fourth-order valence-electron chi connectivity index (χ4n) is 3.70. The lowest BCUT2D eigenvalue weighted by Crippen LogP contribution is -2.28. The van der Waals surface area contributed by atoms with Crippen molar-refractivity contribution in [2.45, 2.75) is 25.7 Å². The molecule has 0 radical (unpaired) electrons. The standard InChI is InChI=1S/C20H28N2O5/c1-26-17-5-4-15(6-9-22-14-16(20(24)25)12-19(22)23)18(13-17)27-11-10-21-7-2-3-8-21/h4-5,13,16H,2-3,6-12,14H2,1H3,(H,24,25). The highest BCUT2D eigenvalue weighted by Gasteiger charge is 2.33. The molecule has 0 saturated carbocycles. The number of carbonyl (C=O) groups is 2. The Morgan fingerprint density at radius 2 is 2.04 bits per heavy atom. The van der Waals surface area contributed by atoms with Crippen molar-refractivity contribution in [1.82, 2.24) is 9.80 Å². The molecule has 0 aliphatic carbocycles. The third kappa shape index (κ3) is 5.13. The lowest BCUT2D eigenvalue weighted by atomic mass is 10.1. The number of likely N-dealkylation sites (tertiary alicyclic amines) is 2. The average molecular weight is 376 g/mol. The number of hydrogen-bond acceptors (Lipinski definition) is 5. The highest BCUT2D eigenvalue weighted by atomic mass is 16.5. The molecule has 1 amide bonds. The molecule has 1 unspecified atom stereocenters. The Morgan fingerprint density at radius 1 is 1.26 bits per heavy atom. The van der Waals surface area contributed by atoms with Crippen LogP contribution in [0.2, 0.25) is 0 Å². The number of carboxylic acid groups (broad SMARTS) is 1. The molecule has 148 valence electrons. The molecule has 2 saturated heterocycles. The number of rotatable bonds is 9. The van der Waals surface area contributed by atoms with E-state index in [1.807, 2.05) is 18.2 Å². The second-order valence-corrected chi connectivity index (χ2v) is 7.20. The Labute approximate surface area is 159 Å². The van der Waals surface area contributed by atoms with Crippen molar-refractivity contribution in [3.63, 3.8) is 0 Å². The van der Waals surface area contributed by atoms with E-state index in [1.165, 1.54) is 12.8 Å². The number of aliphatic carboxylic acids is 1. The van der Waals surface area contributed by atoms with E-state index in [-0.39, 0.29) is 18.9 Å². The Kier molecular flexibility index (Phi) is 6.55. The van der Waals surface area contributed by atoms with Crippen molar-refractivity contribution in [1.29, 1.82) is 0 Å². The minimum Gasteiger partial charge on any atom is -0.497 e. The Morgan fingerprint density at radius 3 is 2.70 bits per heavy atom. The first-order valence-electron chi connectivity index (χ1n) is 9.59. The van der Waals surface area contributed by atoms with Crippen molar-refractivity contribution >= 4 is 11.9 Å². The quantitative estimate of drug-likeness (QED) is 0.706. The highest BCUT2D eigenvalue weighted by molar-refractivity contribution is 5.86. The van der Waals surface area contributed by atoms with Crippen molar-refractivity contribution in [3.05, 3.63) is 23.8 Å². The molecule has 27 heavy (non-hydrogen) atoms. The highest BCUT2D eigenvalue weighted by Crippen LogP contribution is 2.27. The molecule has 2 heterocycles. The monoisotopic (exact) mass is 376 g/mol. The molecule has 1 aromatic carbocycles. The van der Waals surface area contributed by atoms with E-state index in [4.69, 9.17) is 14.6 Å². The van der Waals surface area contributed by atoms with Crippen molar-refractivity contribution < 1.29 is 24.2 Å². The molecule has 0 aromatic heterocycles. The molecule has 2 fully saturated rings. The first-order chi connectivity index (χ1) is 13.1. The second-order valence-electron chi connectivity index (χ2n) is 7.20. The maximum Gasteiger partial charge on any atom is 0.308 e. The normalized spacial score (nSPS) is 20.3. The first kappa shape index (κ1) is 19.5. The van der Waals surface area contributed by atoms with Crippen LogP contribution in [0.5, 0.6) is 11.5 Å². The molecule has 1 N–H and O–H groups in total. The summed E-state index contributed by atoms with van der Waals surface area (Å²) < 4.78 is 11.3. The number of methoxy groups -OCH3 is 1. The molecule has 2 aliphatic rings. The minimum atomic E-state index is -0.902. The van der Waals surface area contributed by atoms with Crippen molar-refractivity contribution in [3.8, 4) is 11.5 Å². The smallest absolute Gasteiger partial charge is 0.308 e. The van der Waals surface area contributed by atoms with Gasteiger partial charge in [-0.05, 0) is 44.0 Å². The molecule has 1 aromatic rings. The zero-order chi connectivity index (χ0) is 19.2. The van der Waals surface area contributed by atoms with Gasteiger partial charge in [-0.1, -0.05) is 6.07 Å². The van der Waals surface area contributed by atoms with Gasteiger partial charge in [0.2, 0.25) is 5.91 Å². The maximum absolute atomic E-state index is 12.0. The van der Waals surface area contributed by atoms with E-state index in [0.717, 1.165) is 36.7 Å². The minimum absolute atomic E-state index is 0.0904. The van der Waals surface area contributed by atoms with Gasteiger partial charge in [0.1, 0.15) is 18.1 Å². The number of carbonyl (C=O) groups excluding carboxylic acids is 1. The van der Waals surface area contributed by atoms with Gasteiger partial charge in [-0.15, -0.1) is 0 Å². The molecule has 1 atom stereocenters. The summed E-state index contributed by atoms with van der Waals surface area (Å²) in [5.74, 6) is -0.0775. The van der Waals surface area contributed by atoms with E-state index in [1.54, 1.807) is 12.0 Å². The number of amides is 1. The summed E-state index contributed by atoms with van der Waals surface area (Å²) in [5.41, 5.74) is 1.00. The first-order valence-corrected chi connectivity index (χ1v) is 9.59. The molecular formula is C20H28N2O5. The van der Waals surface area contributed by atoms with Crippen LogP contribution in [0.1, 0.15) is 24.8 Å². The van der Waals surface area contributed by atoms with Crippen LogP contribution in [0.3, 0.4) is 0 Å². The van der Waals surface area contributed by atoms with Gasteiger partial charge in [-0.2, -0.15) is 0 Å². The third-order valence-corrected chi connectivity index (χ3v) is 5.35. The Balaban J connectivity index is 1.58. The van der Waals surface area contributed by atoms with Gasteiger partial charge in [0, 0.05) is 32.1 Å². The number of hydrogen-bond donors (Lipinski definition) is 1. The van der Waals surface area contributed by atoms with E-state index in [2.05, 4.69) is 4.90 Å². The van der Waals surface area contributed by atoms with E-state index in [9.17, 15) is 9.59 Å². The third-order valence-electron chi connectivity index (χ3n) is 5.35. The lowest BCUT2D eigenvalue weighted by molar-refractivity contribution is -0.141. The van der Waals surface area contributed by atoms with Crippen molar-refractivity contribution in [2.75, 3.05) is 46.4 Å². The fourth-order valence-corrected chi connectivity index (χ4v) is 3.70. The largest absolute Gasteiger partial charge is 0.497 e. The summed E-state index contributed by atoms with van der Waals surface area (Å²) in [5, 5.41) is 9.11. The molecule has 7 heteroatoms. The van der Waals surface area contributed by atoms with Crippen LogP contribution < -0.4 is 9.47 Å². The number of nitrogens with zero attached hydrogens (tertiary/aromatic N) is 2. The van der Waals surface area contributed by atoms with Gasteiger partial charge in [-0.25, -0.2) is 0 Å². The summed E-state index contributed by atoms with van der Waals surface area (Å²) in [6.45, 7) is 4.57. The Bertz CT molecular complexity index is 672. The number of carboxylic acids is 1. The van der Waals surface area contributed by atoms with Gasteiger partial charge in [0.05, 0.1) is 13.0 Å². The summed E-state index contributed by atoms with van der Waals surface area (Å²) >= 11 is 0. The molecule has 2 aliphatic heterocycles.